The molecule has 60 valence electrons. The molecule has 11 heavy (non-hydrogen) atoms. The Kier molecular flexibility index (Phi) is 3.64. The lowest BCUT2D eigenvalue weighted by Crippen LogP contribution is -1.88. The summed E-state index contributed by atoms with van der Waals surface area (Å²) in [6.45, 7) is 2.17. The van der Waals surface area contributed by atoms with E-state index in [1.807, 2.05) is 0 Å². The molecular weight excluding hydrogens is 200 g/mol. The summed E-state index contributed by atoms with van der Waals surface area (Å²) in [6, 6.07) is 8.57. The highest BCUT2D eigenvalue weighted by atomic mass is 79.9. The molecule has 1 heteroatoms. The van der Waals surface area contributed by atoms with Crippen LogP contribution in [0.2, 0.25) is 0 Å². The van der Waals surface area contributed by atoms with Crippen LogP contribution in [0.25, 0.3) is 0 Å². The molecule has 0 saturated carbocycles. The third-order valence-electron chi connectivity index (χ3n) is 1.84. The molecule has 0 heterocycles. The smallest absolute Gasteiger partial charge is 0.00344 e. The predicted octanol–water partition coefficient (Wildman–Crippen LogP) is 3.32. The van der Waals surface area contributed by atoms with E-state index in [4.69, 9.17) is 0 Å². The molecule has 0 radical (unpaired) electrons. The van der Waals surface area contributed by atoms with Gasteiger partial charge in [0.25, 0.3) is 0 Å². The summed E-state index contributed by atoms with van der Waals surface area (Å²) in [5.41, 5.74) is 2.89. The minimum absolute atomic E-state index is 1.10. The summed E-state index contributed by atoms with van der Waals surface area (Å²) in [6.07, 6.45) is 2.42. The zero-order valence-electron chi connectivity index (χ0n) is 6.81. The van der Waals surface area contributed by atoms with Crippen molar-refractivity contribution in [3.63, 3.8) is 0 Å². The summed E-state index contributed by atoms with van der Waals surface area (Å²) in [7, 11) is 0. The Balaban J connectivity index is 2.62. The number of rotatable bonds is 3. The van der Waals surface area contributed by atoms with Gasteiger partial charge in [-0.1, -0.05) is 40.2 Å². The van der Waals surface area contributed by atoms with Crippen molar-refractivity contribution in [2.75, 3.05) is 5.33 Å². The lowest BCUT2D eigenvalue weighted by molar-refractivity contribution is 0.929. The van der Waals surface area contributed by atoms with E-state index in [0.29, 0.717) is 0 Å². The lowest BCUT2D eigenvalue weighted by Gasteiger charge is -2.02. The molecule has 0 bridgehead atoms. The lowest BCUT2D eigenvalue weighted by atomic mass is 10.1. The van der Waals surface area contributed by atoms with Crippen LogP contribution in [0, 0.1) is 6.92 Å². The van der Waals surface area contributed by atoms with Gasteiger partial charge < -0.3 is 0 Å². The SMILES string of the molecule is Cc1ccccc1CCCBr. The maximum absolute atomic E-state index is 3.43. The molecule has 0 N–H and O–H groups in total. The summed E-state index contributed by atoms with van der Waals surface area (Å²) in [5, 5.41) is 1.10. The molecule has 0 spiro atoms. The topological polar surface area (TPSA) is 0 Å². The highest BCUT2D eigenvalue weighted by molar-refractivity contribution is 9.09. The Labute approximate surface area is 76.8 Å². The molecule has 0 aromatic heterocycles. The van der Waals surface area contributed by atoms with Gasteiger partial charge in [-0.2, -0.15) is 0 Å². The number of halogens is 1. The molecule has 0 amide bonds. The molecule has 0 unspecified atom stereocenters. The predicted molar refractivity (Wildman–Crippen MR) is 53.3 cm³/mol. The van der Waals surface area contributed by atoms with E-state index in [-0.39, 0.29) is 0 Å². The van der Waals surface area contributed by atoms with Gasteiger partial charge in [-0.25, -0.2) is 0 Å². The molecule has 0 aliphatic carbocycles. The second-order valence-corrected chi connectivity index (χ2v) is 3.51. The first kappa shape index (κ1) is 8.79. The minimum Gasteiger partial charge on any atom is -0.0928 e. The normalized spacial score (nSPS) is 10.0. The summed E-state index contributed by atoms with van der Waals surface area (Å²) in [4.78, 5) is 0. The van der Waals surface area contributed by atoms with Crippen LogP contribution in [0.5, 0.6) is 0 Å². The average molecular weight is 213 g/mol. The number of aryl methyl sites for hydroxylation is 2. The fraction of sp³-hybridized carbons (Fsp3) is 0.400. The number of hydrogen-bond acceptors (Lipinski definition) is 0. The van der Waals surface area contributed by atoms with Crippen LogP contribution >= 0.6 is 15.9 Å². The van der Waals surface area contributed by atoms with Gasteiger partial charge in [0.1, 0.15) is 0 Å². The molecule has 1 aromatic carbocycles. The van der Waals surface area contributed by atoms with Crippen LogP contribution in [0.3, 0.4) is 0 Å². The highest BCUT2D eigenvalue weighted by Gasteiger charge is 1.94. The monoisotopic (exact) mass is 212 g/mol. The largest absolute Gasteiger partial charge is 0.0928 e. The van der Waals surface area contributed by atoms with Gasteiger partial charge >= 0.3 is 0 Å². The van der Waals surface area contributed by atoms with Crippen molar-refractivity contribution in [2.45, 2.75) is 19.8 Å². The molecule has 1 rings (SSSR count). The van der Waals surface area contributed by atoms with E-state index in [2.05, 4.69) is 47.1 Å². The maximum atomic E-state index is 3.43. The first-order chi connectivity index (χ1) is 5.34. The Hall–Kier alpha value is -0.300. The Morgan fingerprint density at radius 2 is 2.00 bits per heavy atom. The van der Waals surface area contributed by atoms with Crippen molar-refractivity contribution in [2.24, 2.45) is 0 Å². The first-order valence-electron chi connectivity index (χ1n) is 3.95. The standard InChI is InChI=1S/C10H13Br/c1-9-5-2-3-6-10(9)7-4-8-11/h2-3,5-6H,4,7-8H2,1H3. The van der Waals surface area contributed by atoms with E-state index in [9.17, 15) is 0 Å². The highest BCUT2D eigenvalue weighted by Crippen LogP contribution is 2.09. The second kappa shape index (κ2) is 4.55. The Morgan fingerprint density at radius 1 is 1.27 bits per heavy atom. The quantitative estimate of drug-likeness (QED) is 0.675. The zero-order chi connectivity index (χ0) is 8.10. The van der Waals surface area contributed by atoms with Crippen LogP contribution in [-0.4, -0.2) is 5.33 Å². The van der Waals surface area contributed by atoms with Gasteiger partial charge in [0.05, 0.1) is 0 Å². The van der Waals surface area contributed by atoms with Gasteiger partial charge in [-0.05, 0) is 30.9 Å². The van der Waals surface area contributed by atoms with E-state index in [0.717, 1.165) is 5.33 Å². The number of hydrogen-bond donors (Lipinski definition) is 0. The molecule has 0 aliphatic heterocycles. The second-order valence-electron chi connectivity index (χ2n) is 2.72. The average Bonchev–Trinajstić information content (AvgIpc) is 2.03. The van der Waals surface area contributed by atoms with Crippen LogP contribution in [-0.2, 0) is 6.42 Å². The van der Waals surface area contributed by atoms with Crippen molar-refractivity contribution < 1.29 is 0 Å². The van der Waals surface area contributed by atoms with Crippen LogP contribution in [0.15, 0.2) is 24.3 Å². The number of benzene rings is 1. The Bertz CT molecular complexity index is 218. The first-order valence-corrected chi connectivity index (χ1v) is 5.07. The van der Waals surface area contributed by atoms with Crippen LogP contribution in [0.1, 0.15) is 17.5 Å². The van der Waals surface area contributed by atoms with Crippen molar-refractivity contribution in [1.82, 2.24) is 0 Å². The van der Waals surface area contributed by atoms with Gasteiger partial charge in [-0.3, -0.25) is 0 Å². The van der Waals surface area contributed by atoms with Gasteiger partial charge in [-0.15, -0.1) is 0 Å². The Morgan fingerprint density at radius 3 is 2.64 bits per heavy atom. The van der Waals surface area contributed by atoms with Crippen molar-refractivity contribution in [3.8, 4) is 0 Å². The van der Waals surface area contributed by atoms with Crippen LogP contribution in [0.4, 0.5) is 0 Å². The van der Waals surface area contributed by atoms with Crippen molar-refractivity contribution in [1.29, 1.82) is 0 Å². The van der Waals surface area contributed by atoms with Crippen molar-refractivity contribution >= 4 is 15.9 Å². The third-order valence-corrected chi connectivity index (χ3v) is 2.40. The summed E-state index contributed by atoms with van der Waals surface area (Å²) >= 11 is 3.43. The van der Waals surface area contributed by atoms with Crippen LogP contribution < -0.4 is 0 Å². The fourth-order valence-electron chi connectivity index (χ4n) is 1.15. The molecule has 0 fully saturated rings. The summed E-state index contributed by atoms with van der Waals surface area (Å²) < 4.78 is 0. The van der Waals surface area contributed by atoms with Gasteiger partial charge in [0.15, 0.2) is 0 Å². The van der Waals surface area contributed by atoms with E-state index < -0.39 is 0 Å². The van der Waals surface area contributed by atoms with E-state index in [1.54, 1.807) is 0 Å². The molecule has 1 aromatic rings. The zero-order valence-corrected chi connectivity index (χ0v) is 8.39. The minimum atomic E-state index is 1.10. The molecule has 0 nitrogen and oxygen atoms in total. The maximum Gasteiger partial charge on any atom is 0.00344 e. The molecular formula is C10H13Br. The summed E-state index contributed by atoms with van der Waals surface area (Å²) in [5.74, 6) is 0. The van der Waals surface area contributed by atoms with Gasteiger partial charge in [0, 0.05) is 5.33 Å². The van der Waals surface area contributed by atoms with E-state index in [1.165, 1.54) is 24.0 Å². The number of alkyl halides is 1. The van der Waals surface area contributed by atoms with Gasteiger partial charge in [0.2, 0.25) is 0 Å². The van der Waals surface area contributed by atoms with E-state index >= 15 is 0 Å². The third kappa shape index (κ3) is 2.66. The molecule has 0 atom stereocenters. The molecule has 0 saturated heterocycles. The molecule has 0 aliphatic rings. The van der Waals surface area contributed by atoms with Crippen molar-refractivity contribution in [3.05, 3.63) is 35.4 Å². The fourth-order valence-corrected chi connectivity index (χ4v) is 1.43.